The average molecular weight is 259 g/mol. The zero-order valence-electron chi connectivity index (χ0n) is 9.46. The molecule has 1 aromatic rings. The third kappa shape index (κ3) is 1.76. The van der Waals surface area contributed by atoms with Crippen molar-refractivity contribution in [1.29, 1.82) is 0 Å². The molecule has 1 atom stereocenters. The predicted molar refractivity (Wildman–Crippen MR) is 66.0 cm³/mol. The van der Waals surface area contributed by atoms with Crippen LogP contribution in [0.1, 0.15) is 31.1 Å². The van der Waals surface area contributed by atoms with E-state index in [9.17, 15) is 4.79 Å². The Morgan fingerprint density at radius 1 is 1.56 bits per heavy atom. The highest BCUT2D eigenvalue weighted by Crippen LogP contribution is 2.47. The van der Waals surface area contributed by atoms with Gasteiger partial charge >= 0.3 is 5.97 Å². The first-order valence-electron chi connectivity index (χ1n) is 5.43. The lowest BCUT2D eigenvalue weighted by Crippen LogP contribution is -2.43. The summed E-state index contributed by atoms with van der Waals surface area (Å²) in [6.45, 7) is 1.98. The van der Waals surface area contributed by atoms with Gasteiger partial charge in [0.2, 0.25) is 0 Å². The molecule has 2 rings (SSSR count). The van der Waals surface area contributed by atoms with Gasteiger partial charge in [0.1, 0.15) is 5.41 Å². The molecule has 1 fully saturated rings. The molecule has 2 nitrogen and oxygen atoms in total. The van der Waals surface area contributed by atoms with Crippen molar-refractivity contribution in [1.82, 2.24) is 0 Å². The highest BCUT2D eigenvalue weighted by atomic mass is 35.5. The second-order valence-corrected chi connectivity index (χ2v) is 6.14. The van der Waals surface area contributed by atoms with Crippen LogP contribution in [0.2, 0.25) is 4.34 Å². The zero-order valence-corrected chi connectivity index (χ0v) is 11.0. The van der Waals surface area contributed by atoms with Crippen LogP contribution in [0.25, 0.3) is 0 Å². The van der Waals surface area contributed by atoms with Crippen LogP contribution in [0.3, 0.4) is 0 Å². The maximum absolute atomic E-state index is 12.0. The predicted octanol–water partition coefficient (Wildman–Crippen LogP) is 3.63. The Hall–Kier alpha value is -0.540. The minimum absolute atomic E-state index is 0.143. The van der Waals surface area contributed by atoms with Crippen molar-refractivity contribution in [2.45, 2.75) is 31.6 Å². The van der Waals surface area contributed by atoms with Crippen LogP contribution < -0.4 is 0 Å². The number of ether oxygens (including phenoxy) is 1. The normalized spacial score (nSPS) is 19.9. The van der Waals surface area contributed by atoms with E-state index in [-0.39, 0.29) is 5.97 Å². The second-order valence-electron chi connectivity index (χ2n) is 4.43. The Labute approximate surface area is 105 Å². The molecule has 1 heterocycles. The zero-order chi connectivity index (χ0) is 11.8. The van der Waals surface area contributed by atoms with E-state index in [0.29, 0.717) is 5.92 Å². The first-order valence-corrected chi connectivity index (χ1v) is 6.62. The highest BCUT2D eigenvalue weighted by molar-refractivity contribution is 7.16. The van der Waals surface area contributed by atoms with E-state index in [1.54, 1.807) is 0 Å². The average Bonchev–Trinajstić information content (AvgIpc) is 2.61. The van der Waals surface area contributed by atoms with Gasteiger partial charge < -0.3 is 4.74 Å². The van der Waals surface area contributed by atoms with Crippen molar-refractivity contribution < 1.29 is 9.53 Å². The van der Waals surface area contributed by atoms with Crippen LogP contribution in [0, 0.1) is 5.92 Å². The molecule has 1 saturated carbocycles. The van der Waals surface area contributed by atoms with Gasteiger partial charge in [0.15, 0.2) is 0 Å². The lowest BCUT2D eigenvalue weighted by atomic mass is 9.65. The SMILES string of the molecule is COC(=O)C(C)(c1ccc(Cl)s1)C1CCC1. The van der Waals surface area contributed by atoms with E-state index in [2.05, 4.69) is 0 Å². The number of methoxy groups -OCH3 is 1. The molecule has 16 heavy (non-hydrogen) atoms. The van der Waals surface area contributed by atoms with E-state index >= 15 is 0 Å². The minimum Gasteiger partial charge on any atom is -0.468 e. The number of carbonyl (C=O) groups is 1. The lowest BCUT2D eigenvalue weighted by Gasteiger charge is -2.40. The smallest absolute Gasteiger partial charge is 0.317 e. The van der Waals surface area contributed by atoms with Gasteiger partial charge in [-0.05, 0) is 37.8 Å². The van der Waals surface area contributed by atoms with Crippen LogP contribution in [0.4, 0.5) is 0 Å². The number of carbonyl (C=O) groups excluding carboxylic acids is 1. The Kier molecular flexibility index (Phi) is 3.27. The second kappa shape index (κ2) is 4.38. The molecule has 0 N–H and O–H groups in total. The van der Waals surface area contributed by atoms with Gasteiger partial charge in [-0.2, -0.15) is 0 Å². The lowest BCUT2D eigenvalue weighted by molar-refractivity contribution is -0.150. The Balaban J connectivity index is 2.37. The molecular formula is C12H15ClO2S. The summed E-state index contributed by atoms with van der Waals surface area (Å²) in [5.41, 5.74) is -0.509. The Morgan fingerprint density at radius 2 is 2.25 bits per heavy atom. The molecule has 1 aromatic heterocycles. The standard InChI is InChI=1S/C12H15ClO2S/c1-12(11(14)15-2,8-4-3-5-8)9-6-7-10(13)16-9/h6-8H,3-5H2,1-2H3. The summed E-state index contributed by atoms with van der Waals surface area (Å²) in [5, 5.41) is 0. The fourth-order valence-electron chi connectivity index (χ4n) is 2.26. The van der Waals surface area contributed by atoms with Crippen LogP contribution in [0.15, 0.2) is 12.1 Å². The maximum atomic E-state index is 12.0. The molecule has 1 aliphatic carbocycles. The number of esters is 1. The molecule has 0 amide bonds. The van der Waals surface area contributed by atoms with E-state index in [1.807, 2.05) is 19.1 Å². The Morgan fingerprint density at radius 3 is 2.62 bits per heavy atom. The molecule has 88 valence electrons. The molecular weight excluding hydrogens is 244 g/mol. The fourth-order valence-corrected chi connectivity index (χ4v) is 3.52. The first-order chi connectivity index (χ1) is 7.59. The number of rotatable bonds is 3. The van der Waals surface area contributed by atoms with Crippen molar-refractivity contribution in [2.24, 2.45) is 5.92 Å². The van der Waals surface area contributed by atoms with Gasteiger partial charge in [0.25, 0.3) is 0 Å². The third-order valence-corrected chi connectivity index (χ3v) is 5.08. The largest absolute Gasteiger partial charge is 0.468 e. The van der Waals surface area contributed by atoms with Crippen LogP contribution in [-0.4, -0.2) is 13.1 Å². The van der Waals surface area contributed by atoms with Crippen LogP contribution in [0.5, 0.6) is 0 Å². The Bertz CT molecular complexity index is 397. The monoisotopic (exact) mass is 258 g/mol. The first kappa shape index (κ1) is 11.9. The van der Waals surface area contributed by atoms with Gasteiger partial charge in [-0.3, -0.25) is 4.79 Å². The molecule has 0 radical (unpaired) electrons. The van der Waals surface area contributed by atoms with Gasteiger partial charge in [-0.15, -0.1) is 11.3 Å². The van der Waals surface area contributed by atoms with Gasteiger partial charge in [-0.25, -0.2) is 0 Å². The molecule has 0 saturated heterocycles. The van der Waals surface area contributed by atoms with Gasteiger partial charge in [0.05, 0.1) is 11.4 Å². The maximum Gasteiger partial charge on any atom is 0.317 e. The summed E-state index contributed by atoms with van der Waals surface area (Å²) < 4.78 is 5.69. The number of hydrogen-bond acceptors (Lipinski definition) is 3. The summed E-state index contributed by atoms with van der Waals surface area (Å²) in [7, 11) is 1.45. The highest BCUT2D eigenvalue weighted by Gasteiger charge is 2.47. The van der Waals surface area contributed by atoms with Crippen molar-refractivity contribution in [3.05, 3.63) is 21.3 Å². The van der Waals surface area contributed by atoms with E-state index in [1.165, 1.54) is 24.9 Å². The number of halogens is 1. The quantitative estimate of drug-likeness (QED) is 0.774. The summed E-state index contributed by atoms with van der Waals surface area (Å²) in [4.78, 5) is 13.0. The van der Waals surface area contributed by atoms with Gasteiger partial charge in [-0.1, -0.05) is 18.0 Å². The molecule has 1 unspecified atom stereocenters. The van der Waals surface area contributed by atoms with Crippen LogP contribution >= 0.6 is 22.9 Å². The minimum atomic E-state index is -0.509. The number of hydrogen-bond donors (Lipinski definition) is 0. The molecule has 0 aromatic carbocycles. The van der Waals surface area contributed by atoms with E-state index in [0.717, 1.165) is 22.1 Å². The van der Waals surface area contributed by atoms with Crippen molar-refractivity contribution in [3.8, 4) is 0 Å². The fraction of sp³-hybridized carbons (Fsp3) is 0.583. The van der Waals surface area contributed by atoms with Crippen LogP contribution in [-0.2, 0) is 14.9 Å². The molecule has 0 bridgehead atoms. The number of thiophene rings is 1. The van der Waals surface area contributed by atoms with Crippen molar-refractivity contribution in [3.63, 3.8) is 0 Å². The summed E-state index contributed by atoms with van der Waals surface area (Å²) >= 11 is 7.43. The van der Waals surface area contributed by atoms with Crippen molar-refractivity contribution in [2.75, 3.05) is 7.11 Å². The van der Waals surface area contributed by atoms with Gasteiger partial charge in [0, 0.05) is 4.88 Å². The van der Waals surface area contributed by atoms with E-state index in [4.69, 9.17) is 16.3 Å². The molecule has 0 aliphatic heterocycles. The third-order valence-electron chi connectivity index (χ3n) is 3.62. The van der Waals surface area contributed by atoms with Crippen molar-refractivity contribution >= 4 is 28.9 Å². The molecule has 0 spiro atoms. The summed E-state index contributed by atoms with van der Waals surface area (Å²) in [6.07, 6.45) is 3.40. The molecule has 1 aliphatic rings. The summed E-state index contributed by atoms with van der Waals surface area (Å²) in [6, 6.07) is 3.80. The topological polar surface area (TPSA) is 26.3 Å². The summed E-state index contributed by atoms with van der Waals surface area (Å²) in [5.74, 6) is 0.255. The van der Waals surface area contributed by atoms with E-state index < -0.39 is 5.41 Å². The molecule has 4 heteroatoms.